The molecular weight excluding hydrogens is 334 g/mol. The van der Waals surface area contributed by atoms with Gasteiger partial charge in [0.15, 0.2) is 5.82 Å². The summed E-state index contributed by atoms with van der Waals surface area (Å²) in [7, 11) is 0. The van der Waals surface area contributed by atoms with E-state index in [4.69, 9.17) is 10.1 Å². The summed E-state index contributed by atoms with van der Waals surface area (Å²) in [4.78, 5) is 24.3. The lowest BCUT2D eigenvalue weighted by Gasteiger charge is -2.36. The van der Waals surface area contributed by atoms with E-state index in [1.54, 1.807) is 11.3 Å². The number of carbonyl (C=O) groups is 1. The summed E-state index contributed by atoms with van der Waals surface area (Å²) in [6.45, 7) is 7.82. The number of rotatable bonds is 5. The molecule has 1 atom stereocenters. The predicted molar refractivity (Wildman–Crippen MR) is 96.5 cm³/mol. The predicted octanol–water partition coefficient (Wildman–Crippen LogP) is 3.09. The highest BCUT2D eigenvalue weighted by Gasteiger charge is 2.36. The lowest BCUT2D eigenvalue weighted by molar-refractivity contribution is -0.134. The molecule has 0 aromatic carbocycles. The number of carbonyl (C=O) groups excluding carboxylic acids is 1. The average molecular weight is 359 g/mol. The van der Waals surface area contributed by atoms with Crippen LogP contribution in [0.3, 0.4) is 0 Å². The molecule has 7 heteroatoms. The van der Waals surface area contributed by atoms with Crippen molar-refractivity contribution in [2.75, 3.05) is 6.54 Å². The van der Waals surface area contributed by atoms with E-state index in [0.717, 1.165) is 35.3 Å². The number of hydrogen-bond acceptors (Lipinski definition) is 5. The Hall–Kier alpha value is -1.76. The Morgan fingerprint density at radius 3 is 2.76 bits per heavy atom. The van der Waals surface area contributed by atoms with E-state index in [-0.39, 0.29) is 11.9 Å². The Bertz CT molecular complexity index is 776. The first-order chi connectivity index (χ1) is 12.0. The standard InChI is InChI=1S/C18H25N5OS/c1-11(2)8-15-18-20-17(13-4-5-13)21-23(18)7-6-22(15)16(24)9-14-10-25-12(3)19-14/h10-11,13,15H,4-9H2,1-3H3/t15-/m0/s1. The number of thiazole rings is 1. The summed E-state index contributed by atoms with van der Waals surface area (Å²) in [6.07, 6.45) is 3.70. The Kier molecular flexibility index (Phi) is 4.35. The normalized spacial score (nSPS) is 20.2. The van der Waals surface area contributed by atoms with Gasteiger partial charge in [-0.3, -0.25) is 4.79 Å². The summed E-state index contributed by atoms with van der Waals surface area (Å²) in [5, 5.41) is 7.71. The van der Waals surface area contributed by atoms with Crippen molar-refractivity contribution in [2.24, 2.45) is 5.92 Å². The molecule has 3 heterocycles. The average Bonchev–Trinajstić information content (AvgIpc) is 3.18. The van der Waals surface area contributed by atoms with E-state index in [1.165, 1.54) is 12.8 Å². The third-order valence-electron chi connectivity index (χ3n) is 4.90. The lowest BCUT2D eigenvalue weighted by atomic mass is 9.99. The minimum absolute atomic E-state index is 0.0287. The van der Waals surface area contributed by atoms with Gasteiger partial charge in [0, 0.05) is 17.8 Å². The largest absolute Gasteiger partial charge is 0.330 e. The van der Waals surface area contributed by atoms with E-state index >= 15 is 0 Å². The first-order valence-electron chi connectivity index (χ1n) is 9.16. The molecule has 2 aromatic heterocycles. The van der Waals surface area contributed by atoms with Crippen molar-refractivity contribution < 1.29 is 4.79 Å². The molecule has 0 bridgehead atoms. The molecule has 0 radical (unpaired) electrons. The van der Waals surface area contributed by atoms with Gasteiger partial charge in [0.05, 0.1) is 29.7 Å². The van der Waals surface area contributed by atoms with Crippen LogP contribution in [0.25, 0.3) is 0 Å². The Labute approximate surface area is 152 Å². The van der Waals surface area contributed by atoms with E-state index in [0.29, 0.717) is 24.8 Å². The number of aromatic nitrogens is 4. The molecule has 134 valence electrons. The first kappa shape index (κ1) is 16.7. The van der Waals surface area contributed by atoms with Crippen LogP contribution in [-0.4, -0.2) is 37.1 Å². The number of amides is 1. The van der Waals surface area contributed by atoms with Crippen LogP contribution in [0, 0.1) is 12.8 Å². The quantitative estimate of drug-likeness (QED) is 0.823. The maximum absolute atomic E-state index is 13.0. The molecule has 1 fully saturated rings. The van der Waals surface area contributed by atoms with Crippen LogP contribution in [0.1, 0.15) is 67.4 Å². The molecule has 1 amide bonds. The van der Waals surface area contributed by atoms with Gasteiger partial charge in [-0.05, 0) is 32.1 Å². The molecule has 1 aliphatic heterocycles. The molecule has 25 heavy (non-hydrogen) atoms. The van der Waals surface area contributed by atoms with Gasteiger partial charge < -0.3 is 4.90 Å². The maximum Gasteiger partial charge on any atom is 0.229 e. The van der Waals surface area contributed by atoms with Gasteiger partial charge in [-0.15, -0.1) is 11.3 Å². The van der Waals surface area contributed by atoms with Crippen LogP contribution in [0.2, 0.25) is 0 Å². The fraction of sp³-hybridized carbons (Fsp3) is 0.667. The zero-order valence-corrected chi connectivity index (χ0v) is 15.9. The van der Waals surface area contributed by atoms with Crippen molar-refractivity contribution >= 4 is 17.2 Å². The van der Waals surface area contributed by atoms with Crippen molar-refractivity contribution in [3.8, 4) is 0 Å². The summed E-state index contributed by atoms with van der Waals surface area (Å²) in [6, 6.07) is 0.0287. The highest BCUT2D eigenvalue weighted by atomic mass is 32.1. The molecule has 2 aromatic rings. The van der Waals surface area contributed by atoms with Gasteiger partial charge in [0.1, 0.15) is 5.82 Å². The van der Waals surface area contributed by atoms with Gasteiger partial charge >= 0.3 is 0 Å². The molecule has 6 nitrogen and oxygen atoms in total. The summed E-state index contributed by atoms with van der Waals surface area (Å²) >= 11 is 1.60. The summed E-state index contributed by atoms with van der Waals surface area (Å²) in [5.41, 5.74) is 0.876. The molecule has 4 rings (SSSR count). The van der Waals surface area contributed by atoms with Gasteiger partial charge in [-0.25, -0.2) is 14.6 Å². The molecule has 2 aliphatic rings. The first-order valence-corrected chi connectivity index (χ1v) is 10.0. The number of nitrogens with zero attached hydrogens (tertiary/aromatic N) is 5. The smallest absolute Gasteiger partial charge is 0.229 e. The second-order valence-corrected chi connectivity index (χ2v) is 8.65. The van der Waals surface area contributed by atoms with Crippen molar-refractivity contribution in [3.05, 3.63) is 27.7 Å². The fourth-order valence-electron chi connectivity index (χ4n) is 3.52. The Balaban J connectivity index is 1.58. The summed E-state index contributed by atoms with van der Waals surface area (Å²) < 4.78 is 2.04. The van der Waals surface area contributed by atoms with Crippen LogP contribution in [0.4, 0.5) is 0 Å². The SMILES string of the molecule is Cc1nc(CC(=O)N2CCn3nc(C4CC4)nc3[C@@H]2CC(C)C)cs1. The molecule has 0 unspecified atom stereocenters. The van der Waals surface area contributed by atoms with Crippen LogP contribution in [-0.2, 0) is 17.8 Å². The second-order valence-electron chi connectivity index (χ2n) is 7.59. The third kappa shape index (κ3) is 3.47. The van der Waals surface area contributed by atoms with E-state index in [2.05, 4.69) is 18.8 Å². The van der Waals surface area contributed by atoms with Crippen LogP contribution in [0.5, 0.6) is 0 Å². The van der Waals surface area contributed by atoms with Crippen molar-refractivity contribution in [2.45, 2.75) is 65.0 Å². The minimum atomic E-state index is 0.0287. The molecule has 1 saturated carbocycles. The molecule has 0 spiro atoms. The zero-order valence-electron chi connectivity index (χ0n) is 15.1. The topological polar surface area (TPSA) is 63.9 Å². The fourth-order valence-corrected chi connectivity index (χ4v) is 4.13. The van der Waals surface area contributed by atoms with Gasteiger partial charge in [0.2, 0.25) is 5.91 Å². The van der Waals surface area contributed by atoms with Gasteiger partial charge in [-0.2, -0.15) is 5.10 Å². The van der Waals surface area contributed by atoms with E-state index in [1.807, 2.05) is 21.9 Å². The Morgan fingerprint density at radius 1 is 1.32 bits per heavy atom. The number of hydrogen-bond donors (Lipinski definition) is 0. The van der Waals surface area contributed by atoms with Crippen LogP contribution < -0.4 is 0 Å². The maximum atomic E-state index is 13.0. The monoisotopic (exact) mass is 359 g/mol. The van der Waals surface area contributed by atoms with Gasteiger partial charge in [0.25, 0.3) is 0 Å². The third-order valence-corrected chi connectivity index (χ3v) is 5.72. The minimum Gasteiger partial charge on any atom is -0.330 e. The highest BCUT2D eigenvalue weighted by Crippen LogP contribution is 2.40. The molecule has 1 aliphatic carbocycles. The van der Waals surface area contributed by atoms with E-state index < -0.39 is 0 Å². The van der Waals surface area contributed by atoms with Crippen molar-refractivity contribution in [1.29, 1.82) is 0 Å². The van der Waals surface area contributed by atoms with Crippen LogP contribution >= 0.6 is 11.3 Å². The molecule has 0 saturated heterocycles. The Morgan fingerprint density at radius 2 is 2.12 bits per heavy atom. The van der Waals surface area contributed by atoms with Gasteiger partial charge in [-0.1, -0.05) is 13.8 Å². The van der Waals surface area contributed by atoms with Crippen molar-refractivity contribution in [3.63, 3.8) is 0 Å². The number of fused-ring (bicyclic) bond motifs is 1. The molecule has 0 N–H and O–H groups in total. The van der Waals surface area contributed by atoms with Crippen LogP contribution in [0.15, 0.2) is 5.38 Å². The zero-order chi connectivity index (χ0) is 17.6. The highest BCUT2D eigenvalue weighted by molar-refractivity contribution is 7.09. The summed E-state index contributed by atoms with van der Waals surface area (Å²) in [5.74, 6) is 3.14. The molecular formula is C18H25N5OS. The lowest BCUT2D eigenvalue weighted by Crippen LogP contribution is -2.43. The number of aryl methyl sites for hydroxylation is 1. The van der Waals surface area contributed by atoms with Crippen molar-refractivity contribution in [1.82, 2.24) is 24.6 Å². The van der Waals surface area contributed by atoms with E-state index in [9.17, 15) is 4.79 Å². The second kappa shape index (κ2) is 6.52.